The van der Waals surface area contributed by atoms with E-state index in [1.54, 1.807) is 19.1 Å². The molecule has 6 heteroatoms. The number of aryl methyl sites for hydroxylation is 1. The van der Waals surface area contributed by atoms with Gasteiger partial charge in [0, 0.05) is 6.04 Å². The van der Waals surface area contributed by atoms with Crippen molar-refractivity contribution in [1.82, 2.24) is 4.90 Å². The van der Waals surface area contributed by atoms with E-state index in [1.165, 1.54) is 17.3 Å². The molecule has 3 rings (SSSR count). The standard InChI is InChI=1S/C23H26N2O3S/c1-6-16(3)25-22(26)21(14-17-9-12-19(27-4)20(13-17)28-5)29-23(25)24-18-10-7-15(2)8-11-18/h7-14,16H,6H2,1-5H3/b21-14+,24-23?/t16-/m0/s1. The molecule has 29 heavy (non-hydrogen) atoms. The maximum absolute atomic E-state index is 13.1. The normalized spacial score (nSPS) is 17.8. The number of aliphatic imine (C=N–C) groups is 1. The molecule has 0 N–H and O–H groups in total. The van der Waals surface area contributed by atoms with Gasteiger partial charge >= 0.3 is 0 Å². The van der Waals surface area contributed by atoms with E-state index in [9.17, 15) is 4.79 Å². The minimum atomic E-state index is -0.0232. The summed E-state index contributed by atoms with van der Waals surface area (Å²) in [5, 5.41) is 0.708. The Hall–Kier alpha value is -2.73. The lowest BCUT2D eigenvalue weighted by molar-refractivity contribution is -0.123. The van der Waals surface area contributed by atoms with Crippen molar-refractivity contribution in [2.24, 2.45) is 4.99 Å². The summed E-state index contributed by atoms with van der Waals surface area (Å²) < 4.78 is 10.7. The molecule has 0 bridgehead atoms. The summed E-state index contributed by atoms with van der Waals surface area (Å²) in [5.74, 6) is 1.26. The molecule has 0 aromatic heterocycles. The van der Waals surface area contributed by atoms with Crippen LogP contribution in [0.5, 0.6) is 11.5 Å². The average molecular weight is 411 g/mol. The van der Waals surface area contributed by atoms with Crippen molar-refractivity contribution in [3.05, 3.63) is 58.5 Å². The number of benzene rings is 2. The highest BCUT2D eigenvalue weighted by atomic mass is 32.2. The molecule has 152 valence electrons. The molecule has 0 radical (unpaired) electrons. The molecule has 1 saturated heterocycles. The minimum Gasteiger partial charge on any atom is -0.493 e. The fourth-order valence-electron chi connectivity index (χ4n) is 2.96. The van der Waals surface area contributed by atoms with Gasteiger partial charge in [-0.15, -0.1) is 0 Å². The predicted molar refractivity (Wildman–Crippen MR) is 120 cm³/mol. The van der Waals surface area contributed by atoms with E-state index in [0.717, 1.165) is 17.7 Å². The van der Waals surface area contributed by atoms with Crippen LogP contribution >= 0.6 is 11.8 Å². The Morgan fingerprint density at radius 3 is 2.41 bits per heavy atom. The van der Waals surface area contributed by atoms with E-state index < -0.39 is 0 Å². The van der Waals surface area contributed by atoms with E-state index in [1.807, 2.05) is 62.4 Å². The zero-order valence-electron chi connectivity index (χ0n) is 17.4. The minimum absolute atomic E-state index is 0.0232. The Morgan fingerprint density at radius 1 is 1.10 bits per heavy atom. The Labute approximate surface area is 176 Å². The van der Waals surface area contributed by atoms with Crippen molar-refractivity contribution in [3.8, 4) is 11.5 Å². The van der Waals surface area contributed by atoms with Crippen LogP contribution in [0.4, 0.5) is 5.69 Å². The summed E-state index contributed by atoms with van der Waals surface area (Å²) in [5.41, 5.74) is 2.89. The molecule has 0 aliphatic carbocycles. The third-order valence-corrected chi connectivity index (χ3v) is 5.82. The number of carbonyl (C=O) groups is 1. The van der Waals surface area contributed by atoms with Crippen molar-refractivity contribution < 1.29 is 14.3 Å². The Balaban J connectivity index is 1.97. The van der Waals surface area contributed by atoms with E-state index in [4.69, 9.17) is 14.5 Å². The first kappa shape index (κ1) is 21.0. The lowest BCUT2D eigenvalue weighted by Gasteiger charge is -2.22. The van der Waals surface area contributed by atoms with Crippen LogP contribution in [0.3, 0.4) is 0 Å². The molecule has 1 aliphatic heterocycles. The van der Waals surface area contributed by atoms with Crippen LogP contribution in [0.15, 0.2) is 52.4 Å². The number of carbonyl (C=O) groups excluding carboxylic acids is 1. The Kier molecular flexibility index (Phi) is 6.64. The predicted octanol–water partition coefficient (Wildman–Crippen LogP) is 5.41. The largest absolute Gasteiger partial charge is 0.493 e. The lowest BCUT2D eigenvalue weighted by atomic mass is 10.1. The summed E-state index contributed by atoms with van der Waals surface area (Å²) in [6, 6.07) is 13.7. The second-order valence-electron chi connectivity index (χ2n) is 6.89. The van der Waals surface area contributed by atoms with Crippen LogP contribution in [0, 0.1) is 6.92 Å². The summed E-state index contributed by atoms with van der Waals surface area (Å²) in [7, 11) is 3.20. The van der Waals surface area contributed by atoms with Crippen LogP contribution in [0.25, 0.3) is 6.08 Å². The highest BCUT2D eigenvalue weighted by molar-refractivity contribution is 8.18. The van der Waals surface area contributed by atoms with Gasteiger partial charge in [0.25, 0.3) is 5.91 Å². The second-order valence-corrected chi connectivity index (χ2v) is 7.90. The number of nitrogens with zero attached hydrogens (tertiary/aromatic N) is 2. The number of rotatable bonds is 6. The van der Waals surface area contributed by atoms with Gasteiger partial charge < -0.3 is 9.47 Å². The van der Waals surface area contributed by atoms with Crippen molar-refractivity contribution in [3.63, 3.8) is 0 Å². The lowest BCUT2D eigenvalue weighted by Crippen LogP contribution is -2.36. The van der Waals surface area contributed by atoms with Gasteiger partial charge in [-0.05, 0) is 67.9 Å². The molecule has 0 spiro atoms. The molecular formula is C23H26N2O3S. The molecule has 1 aliphatic rings. The van der Waals surface area contributed by atoms with Gasteiger partial charge in [-0.3, -0.25) is 9.69 Å². The highest BCUT2D eigenvalue weighted by Gasteiger charge is 2.36. The third-order valence-electron chi connectivity index (χ3n) is 4.83. The Bertz CT molecular complexity index is 951. The first-order valence-corrected chi connectivity index (χ1v) is 10.4. The molecule has 0 saturated carbocycles. The summed E-state index contributed by atoms with van der Waals surface area (Å²) in [4.78, 5) is 20.3. The summed E-state index contributed by atoms with van der Waals surface area (Å²) in [6.07, 6.45) is 2.73. The van der Waals surface area contributed by atoms with E-state index in [-0.39, 0.29) is 11.9 Å². The fraction of sp³-hybridized carbons (Fsp3) is 0.304. The average Bonchev–Trinajstić information content (AvgIpc) is 3.03. The molecular weight excluding hydrogens is 384 g/mol. The first-order valence-electron chi connectivity index (χ1n) is 9.57. The number of ether oxygens (including phenoxy) is 2. The van der Waals surface area contributed by atoms with Gasteiger partial charge in [0.05, 0.1) is 24.8 Å². The second kappa shape index (κ2) is 9.18. The van der Waals surface area contributed by atoms with E-state index >= 15 is 0 Å². The zero-order chi connectivity index (χ0) is 21.0. The van der Waals surface area contributed by atoms with Gasteiger partial charge in [0.2, 0.25) is 0 Å². The maximum atomic E-state index is 13.1. The smallest absolute Gasteiger partial charge is 0.266 e. The number of methoxy groups -OCH3 is 2. The van der Waals surface area contributed by atoms with Crippen molar-refractivity contribution >= 4 is 34.6 Å². The quantitative estimate of drug-likeness (QED) is 0.597. The van der Waals surface area contributed by atoms with Crippen molar-refractivity contribution in [2.75, 3.05) is 14.2 Å². The highest BCUT2D eigenvalue weighted by Crippen LogP contribution is 2.37. The number of hydrogen-bond acceptors (Lipinski definition) is 5. The van der Waals surface area contributed by atoms with Gasteiger partial charge in [-0.1, -0.05) is 30.7 Å². The van der Waals surface area contributed by atoms with Gasteiger partial charge in [0.1, 0.15) is 0 Å². The SMILES string of the molecule is CC[C@H](C)N1C(=O)/C(=C\c2ccc(OC)c(OC)c2)SC1=Nc1ccc(C)cc1. The summed E-state index contributed by atoms with van der Waals surface area (Å²) >= 11 is 1.40. The van der Waals surface area contributed by atoms with E-state index in [2.05, 4.69) is 6.92 Å². The molecule has 2 aromatic carbocycles. The molecule has 1 amide bonds. The van der Waals surface area contributed by atoms with Crippen LogP contribution in [-0.4, -0.2) is 36.2 Å². The zero-order valence-corrected chi connectivity index (χ0v) is 18.2. The van der Waals surface area contributed by atoms with E-state index in [0.29, 0.717) is 21.6 Å². The first-order chi connectivity index (χ1) is 14.0. The van der Waals surface area contributed by atoms with Crippen LogP contribution in [-0.2, 0) is 4.79 Å². The molecule has 2 aromatic rings. The number of amidine groups is 1. The van der Waals surface area contributed by atoms with Crippen LogP contribution in [0.1, 0.15) is 31.4 Å². The van der Waals surface area contributed by atoms with Crippen molar-refractivity contribution in [1.29, 1.82) is 0 Å². The molecule has 5 nitrogen and oxygen atoms in total. The fourth-order valence-corrected chi connectivity index (χ4v) is 4.05. The monoisotopic (exact) mass is 410 g/mol. The number of amides is 1. The summed E-state index contributed by atoms with van der Waals surface area (Å²) in [6.45, 7) is 6.16. The molecule has 1 atom stereocenters. The number of hydrogen-bond donors (Lipinski definition) is 0. The van der Waals surface area contributed by atoms with Crippen LogP contribution < -0.4 is 9.47 Å². The maximum Gasteiger partial charge on any atom is 0.266 e. The molecule has 1 fully saturated rings. The topological polar surface area (TPSA) is 51.1 Å². The third kappa shape index (κ3) is 4.65. The molecule has 0 unspecified atom stereocenters. The number of thioether (sulfide) groups is 1. The van der Waals surface area contributed by atoms with Gasteiger partial charge in [-0.2, -0.15) is 0 Å². The molecule has 1 heterocycles. The van der Waals surface area contributed by atoms with Gasteiger partial charge in [-0.25, -0.2) is 4.99 Å². The van der Waals surface area contributed by atoms with Crippen LogP contribution in [0.2, 0.25) is 0 Å². The van der Waals surface area contributed by atoms with Crippen molar-refractivity contribution in [2.45, 2.75) is 33.2 Å². The van der Waals surface area contributed by atoms with Gasteiger partial charge in [0.15, 0.2) is 16.7 Å². The Morgan fingerprint density at radius 2 is 1.79 bits per heavy atom.